The number of methoxy groups -OCH3 is 4. The van der Waals surface area contributed by atoms with Crippen molar-refractivity contribution >= 4 is 56.4 Å². The lowest BCUT2D eigenvalue weighted by molar-refractivity contribution is 0.0760. The average molecular weight is 1040 g/mol. The van der Waals surface area contributed by atoms with Gasteiger partial charge in [0.1, 0.15) is 47.2 Å². The number of nitrogens with zero attached hydrogens (tertiary/aromatic N) is 5. The fourth-order valence-electron chi connectivity index (χ4n) is 9.51. The molecule has 0 unspecified atom stereocenters. The Morgan fingerprint density at radius 3 is 1.43 bits per heavy atom. The molecule has 0 spiro atoms. The number of rotatable bonds is 20. The monoisotopic (exact) mass is 1040 g/mol. The summed E-state index contributed by atoms with van der Waals surface area (Å²) in [7, 11) is 8.52. The molecule has 8 aromatic rings. The molecule has 2 amide bonds. The fourth-order valence-corrected chi connectivity index (χ4v) is 9.51. The first-order chi connectivity index (χ1) is 37.2. The minimum atomic E-state index is -0.0831. The summed E-state index contributed by atoms with van der Waals surface area (Å²) < 4.78 is 35.5. The summed E-state index contributed by atoms with van der Waals surface area (Å²) in [5.74, 6) is 3.57. The van der Waals surface area contributed by atoms with E-state index >= 15 is 0 Å². The van der Waals surface area contributed by atoms with Crippen molar-refractivity contribution < 1.29 is 38.0 Å². The number of carbonyl (C=O) groups is 2. The summed E-state index contributed by atoms with van der Waals surface area (Å²) in [4.78, 5) is 42.1. The summed E-state index contributed by atoms with van der Waals surface area (Å²) in [6, 6.07) is 39.0. The number of fused-ring (bicyclic) bond motifs is 2. The van der Waals surface area contributed by atoms with Gasteiger partial charge < -0.3 is 48.4 Å². The van der Waals surface area contributed by atoms with Crippen LogP contribution >= 0.6 is 0 Å². The van der Waals surface area contributed by atoms with E-state index in [1.54, 1.807) is 38.2 Å². The van der Waals surface area contributed by atoms with Gasteiger partial charge in [0.15, 0.2) is 11.5 Å². The van der Waals surface area contributed by atoms with Gasteiger partial charge in [-0.05, 0) is 126 Å². The molecule has 402 valence electrons. The fraction of sp³-hybridized carbons (Fsp3) is 0.302. The molecule has 14 heteroatoms. The van der Waals surface area contributed by atoms with Crippen molar-refractivity contribution in [3.63, 3.8) is 0 Å². The van der Waals surface area contributed by atoms with Gasteiger partial charge in [-0.3, -0.25) is 9.59 Å². The molecule has 0 fully saturated rings. The normalized spacial score (nSPS) is 10.8. The highest BCUT2D eigenvalue weighted by Crippen LogP contribution is 2.46. The molecule has 0 aliphatic carbocycles. The van der Waals surface area contributed by atoms with Crippen LogP contribution in [0.25, 0.3) is 21.8 Å². The molecule has 0 saturated carbocycles. The lowest BCUT2D eigenvalue weighted by Gasteiger charge is -2.26. The van der Waals surface area contributed by atoms with E-state index in [1.165, 1.54) is 0 Å². The second kappa shape index (κ2) is 25.8. The summed E-state index contributed by atoms with van der Waals surface area (Å²) in [5, 5.41) is 5.22. The third-order valence-electron chi connectivity index (χ3n) is 13.5. The molecular weight excluding hydrogens is 969 g/mol. The van der Waals surface area contributed by atoms with E-state index in [1.807, 2.05) is 189 Å². The molecule has 77 heavy (non-hydrogen) atoms. The van der Waals surface area contributed by atoms with Crippen LogP contribution in [0.1, 0.15) is 82.1 Å². The Morgan fingerprint density at radius 1 is 0.506 bits per heavy atom. The first-order valence-electron chi connectivity index (χ1n) is 26.0. The molecule has 14 nitrogen and oxygen atoms in total. The van der Waals surface area contributed by atoms with E-state index in [2.05, 4.69) is 5.32 Å². The minimum absolute atomic E-state index is 0.0723. The molecule has 0 atom stereocenters. The van der Waals surface area contributed by atoms with Crippen LogP contribution in [0.3, 0.4) is 0 Å². The highest BCUT2D eigenvalue weighted by atomic mass is 16.5. The number of aryl methyl sites for hydroxylation is 4. The van der Waals surface area contributed by atoms with E-state index in [9.17, 15) is 9.59 Å². The Hall–Kier alpha value is -8.52. The Morgan fingerprint density at radius 2 is 0.961 bits per heavy atom. The van der Waals surface area contributed by atoms with Crippen LogP contribution in [0.2, 0.25) is 0 Å². The number of hydrogen-bond acceptors (Lipinski definition) is 12. The number of hydrogen-bond donors (Lipinski definition) is 1. The quantitative estimate of drug-likeness (QED) is 0.0778. The van der Waals surface area contributed by atoms with E-state index < -0.39 is 0 Å². The first-order valence-corrected chi connectivity index (χ1v) is 26.0. The van der Waals surface area contributed by atoms with Gasteiger partial charge in [-0.2, -0.15) is 0 Å². The Kier molecular flexibility index (Phi) is 18.8. The van der Waals surface area contributed by atoms with Gasteiger partial charge in [-0.25, -0.2) is 9.97 Å². The van der Waals surface area contributed by atoms with E-state index in [-0.39, 0.29) is 11.8 Å². The van der Waals surface area contributed by atoms with Gasteiger partial charge in [-0.1, -0.05) is 60.7 Å². The Balaban J connectivity index is 0.000000224. The topological polar surface area (TPSA) is 137 Å². The van der Waals surface area contributed by atoms with Crippen LogP contribution in [0, 0.1) is 27.7 Å². The number of carbonyl (C=O) groups excluding carboxylic acids is 2. The average Bonchev–Trinajstić information content (AvgIpc) is 3.48. The number of nitrogens with one attached hydrogen (secondary N) is 1. The van der Waals surface area contributed by atoms with Gasteiger partial charge in [0.05, 0.1) is 61.7 Å². The molecule has 1 N–H and O–H groups in total. The molecule has 0 aliphatic rings. The third-order valence-corrected chi connectivity index (χ3v) is 13.5. The first kappa shape index (κ1) is 56.2. The third kappa shape index (κ3) is 12.6. The summed E-state index contributed by atoms with van der Waals surface area (Å²) in [6.07, 6.45) is 0. The standard InChI is InChI=1S/C32H37N3O4.C31H35N3O4/c1-8-35(9-2)32(36)25-18-24(15-16-27(25)39-20-23-13-11-10-12-14-23)34(5)26-19-28(37-6)30-29(31(26)38-7)21(3)17-22(4)33-30;1-7-34(8-2)31(35)24-17-23(14-15-26(24)38-19-22-12-10-9-11-13-22)33-25-18-27(36-5)29-28(30(25)37-6)20(3)16-21(4)32-29/h10-19H,8-9,20H2,1-7H3;9-18,33H,7-8,19H2,1-6H3. The molecule has 2 aromatic heterocycles. The summed E-state index contributed by atoms with van der Waals surface area (Å²) in [6.45, 7) is 19.1. The van der Waals surface area contributed by atoms with Gasteiger partial charge in [0.25, 0.3) is 11.8 Å². The lowest BCUT2D eigenvalue weighted by atomic mass is 10.0. The lowest BCUT2D eigenvalue weighted by Crippen LogP contribution is -2.31. The predicted octanol–water partition coefficient (Wildman–Crippen LogP) is 13.4. The molecule has 2 heterocycles. The molecular formula is C63H72N6O8. The van der Waals surface area contributed by atoms with Gasteiger partial charge in [0, 0.05) is 68.1 Å². The highest BCUT2D eigenvalue weighted by Gasteiger charge is 2.25. The largest absolute Gasteiger partial charge is 0.494 e. The minimum Gasteiger partial charge on any atom is -0.494 e. The maximum atomic E-state index is 13.6. The van der Waals surface area contributed by atoms with E-state index in [0.29, 0.717) is 90.7 Å². The molecule has 0 saturated heterocycles. The van der Waals surface area contributed by atoms with Crippen LogP contribution in [0.4, 0.5) is 22.7 Å². The Labute approximate surface area is 453 Å². The zero-order valence-electron chi connectivity index (χ0n) is 46.8. The molecule has 8 rings (SSSR count). The van der Waals surface area contributed by atoms with Gasteiger partial charge in [0.2, 0.25) is 0 Å². The molecule has 0 aliphatic heterocycles. The van der Waals surface area contributed by atoms with Crippen molar-refractivity contribution in [3.8, 4) is 34.5 Å². The second-order valence-electron chi connectivity index (χ2n) is 18.5. The van der Waals surface area contributed by atoms with Crippen LogP contribution in [-0.2, 0) is 13.2 Å². The van der Waals surface area contributed by atoms with Crippen molar-refractivity contribution in [2.45, 2.75) is 68.6 Å². The zero-order valence-corrected chi connectivity index (χ0v) is 46.8. The van der Waals surface area contributed by atoms with Gasteiger partial charge >= 0.3 is 0 Å². The van der Waals surface area contributed by atoms with Crippen molar-refractivity contribution in [3.05, 3.63) is 166 Å². The maximum absolute atomic E-state index is 13.6. The van der Waals surface area contributed by atoms with E-state index in [4.69, 9.17) is 38.4 Å². The summed E-state index contributed by atoms with van der Waals surface area (Å²) in [5.41, 5.74) is 11.5. The summed E-state index contributed by atoms with van der Waals surface area (Å²) >= 11 is 0. The number of benzene rings is 6. The number of anilines is 4. The number of ether oxygens (including phenoxy) is 6. The smallest absolute Gasteiger partial charge is 0.257 e. The number of pyridine rings is 2. The molecule has 0 radical (unpaired) electrons. The maximum Gasteiger partial charge on any atom is 0.257 e. The second-order valence-corrected chi connectivity index (χ2v) is 18.5. The number of aromatic nitrogens is 2. The van der Waals surface area contributed by atoms with Crippen LogP contribution < -0.4 is 38.6 Å². The van der Waals surface area contributed by atoms with Crippen molar-refractivity contribution in [2.24, 2.45) is 0 Å². The van der Waals surface area contributed by atoms with Gasteiger partial charge in [-0.15, -0.1) is 0 Å². The van der Waals surface area contributed by atoms with Crippen molar-refractivity contribution in [2.75, 3.05) is 71.9 Å². The van der Waals surface area contributed by atoms with Crippen molar-refractivity contribution in [1.29, 1.82) is 0 Å². The number of amides is 2. The SMILES string of the molecule is CCN(CC)C(=O)c1cc(N(C)c2cc(OC)c3nc(C)cc(C)c3c2OC)ccc1OCc1ccccc1.CCN(CC)C(=O)c1cc(Nc2cc(OC)c3nc(C)cc(C)c3c2OC)ccc1OCc1ccccc1. The Bertz CT molecular complexity index is 3340. The van der Waals surface area contributed by atoms with E-state index in [0.717, 1.165) is 72.5 Å². The molecule has 0 bridgehead atoms. The van der Waals surface area contributed by atoms with Crippen LogP contribution in [-0.4, -0.2) is 93.2 Å². The van der Waals surface area contributed by atoms with Crippen molar-refractivity contribution in [1.82, 2.24) is 19.8 Å². The predicted molar refractivity (Wildman–Crippen MR) is 309 cm³/mol. The van der Waals surface area contributed by atoms with Crippen LogP contribution in [0.15, 0.2) is 121 Å². The highest BCUT2D eigenvalue weighted by molar-refractivity contribution is 6.02. The zero-order chi connectivity index (χ0) is 55.3. The molecule has 6 aromatic carbocycles. The van der Waals surface area contributed by atoms with Crippen LogP contribution in [0.5, 0.6) is 34.5 Å².